The fourth-order valence-corrected chi connectivity index (χ4v) is 2.26. The summed E-state index contributed by atoms with van der Waals surface area (Å²) in [6.45, 7) is 0. The zero-order chi connectivity index (χ0) is 13.0. The molecule has 0 heterocycles. The van der Waals surface area contributed by atoms with Gasteiger partial charge in [-0.3, -0.25) is 0 Å². The van der Waals surface area contributed by atoms with Crippen molar-refractivity contribution in [3.8, 4) is 17.2 Å². The van der Waals surface area contributed by atoms with Crippen molar-refractivity contribution in [2.75, 3.05) is 7.11 Å². The molecule has 0 aromatic heterocycles. The molecule has 18 heavy (non-hydrogen) atoms. The molecule has 0 fully saturated rings. The molecule has 2 aromatic rings. The average molecular weight is 328 g/mol. The van der Waals surface area contributed by atoms with E-state index in [0.29, 0.717) is 27.6 Å². The van der Waals surface area contributed by atoms with E-state index in [1.54, 1.807) is 13.2 Å². The molecule has 0 aliphatic heterocycles. The largest absolute Gasteiger partial charge is 0.493 e. The second-order valence-corrected chi connectivity index (χ2v) is 4.58. The van der Waals surface area contributed by atoms with Crippen LogP contribution in [0.1, 0.15) is 5.56 Å². The summed E-state index contributed by atoms with van der Waals surface area (Å²) in [4.78, 5) is 0. The smallest absolute Gasteiger partial charge is 0.169 e. The van der Waals surface area contributed by atoms with Gasteiger partial charge in [-0.2, -0.15) is 0 Å². The number of ether oxygens (including phenoxy) is 2. The summed E-state index contributed by atoms with van der Waals surface area (Å²) in [6, 6.07) is 13.1. The number of benzene rings is 2. The molecule has 0 bridgehead atoms. The number of rotatable bonds is 4. The maximum absolute atomic E-state index is 6.17. The number of hydrogen-bond acceptors (Lipinski definition) is 2. The predicted octanol–water partition coefficient (Wildman–Crippen LogP) is 5.04. The van der Waals surface area contributed by atoms with Gasteiger partial charge in [0.05, 0.1) is 12.1 Å². The molecule has 4 heteroatoms. The number of alkyl halides is 1. The van der Waals surface area contributed by atoms with Gasteiger partial charge in [-0.1, -0.05) is 51.8 Å². The van der Waals surface area contributed by atoms with Gasteiger partial charge in [-0.25, -0.2) is 0 Å². The molecule has 0 saturated heterocycles. The van der Waals surface area contributed by atoms with Gasteiger partial charge in [0, 0.05) is 10.9 Å². The maximum Gasteiger partial charge on any atom is 0.169 e. The highest BCUT2D eigenvalue weighted by Crippen LogP contribution is 2.37. The molecule has 0 radical (unpaired) electrons. The van der Waals surface area contributed by atoms with Gasteiger partial charge in [-0.05, 0) is 18.2 Å². The third kappa shape index (κ3) is 2.79. The molecule has 0 atom stereocenters. The molecule has 0 unspecified atom stereocenters. The molecule has 0 N–H and O–H groups in total. The lowest BCUT2D eigenvalue weighted by molar-refractivity contribution is 0.378. The Hall–Kier alpha value is -1.19. The Balaban J connectivity index is 2.39. The highest BCUT2D eigenvalue weighted by molar-refractivity contribution is 9.08. The first kappa shape index (κ1) is 13.2. The molecule has 2 rings (SSSR count). The van der Waals surface area contributed by atoms with Gasteiger partial charge in [0.25, 0.3) is 0 Å². The van der Waals surface area contributed by atoms with Gasteiger partial charge < -0.3 is 9.47 Å². The van der Waals surface area contributed by atoms with Crippen molar-refractivity contribution >= 4 is 27.5 Å². The summed E-state index contributed by atoms with van der Waals surface area (Å²) < 4.78 is 11.1. The van der Waals surface area contributed by atoms with Crippen LogP contribution in [0.3, 0.4) is 0 Å². The van der Waals surface area contributed by atoms with Crippen LogP contribution < -0.4 is 9.47 Å². The third-order valence-electron chi connectivity index (χ3n) is 2.47. The second kappa shape index (κ2) is 6.12. The zero-order valence-electron chi connectivity index (χ0n) is 9.82. The average Bonchev–Trinajstić information content (AvgIpc) is 2.41. The van der Waals surface area contributed by atoms with Crippen molar-refractivity contribution in [3.05, 3.63) is 53.1 Å². The molecule has 2 aromatic carbocycles. The van der Waals surface area contributed by atoms with Crippen LogP contribution in [0, 0.1) is 0 Å². The minimum Gasteiger partial charge on any atom is -0.493 e. The van der Waals surface area contributed by atoms with Crippen molar-refractivity contribution in [2.45, 2.75) is 5.33 Å². The van der Waals surface area contributed by atoms with Crippen LogP contribution in [0.25, 0.3) is 0 Å². The van der Waals surface area contributed by atoms with E-state index in [0.717, 1.165) is 5.56 Å². The third-order valence-corrected chi connectivity index (χ3v) is 3.38. The predicted molar refractivity (Wildman–Crippen MR) is 77.2 cm³/mol. The molecule has 0 amide bonds. The molecule has 0 aliphatic carbocycles. The number of hydrogen-bond donors (Lipinski definition) is 0. The van der Waals surface area contributed by atoms with Gasteiger partial charge in [-0.15, -0.1) is 0 Å². The van der Waals surface area contributed by atoms with E-state index in [2.05, 4.69) is 15.9 Å². The zero-order valence-corrected chi connectivity index (χ0v) is 12.2. The van der Waals surface area contributed by atoms with Gasteiger partial charge >= 0.3 is 0 Å². The van der Waals surface area contributed by atoms with E-state index >= 15 is 0 Å². The molecule has 2 nitrogen and oxygen atoms in total. The summed E-state index contributed by atoms with van der Waals surface area (Å²) in [5, 5.41) is 1.26. The van der Waals surface area contributed by atoms with Gasteiger partial charge in [0.1, 0.15) is 5.75 Å². The molecule has 94 valence electrons. The summed E-state index contributed by atoms with van der Waals surface area (Å²) in [6.07, 6.45) is 0. The van der Waals surface area contributed by atoms with E-state index in [-0.39, 0.29) is 0 Å². The van der Waals surface area contributed by atoms with E-state index in [1.807, 2.05) is 36.4 Å². The van der Waals surface area contributed by atoms with Crippen molar-refractivity contribution in [3.63, 3.8) is 0 Å². The first-order chi connectivity index (χ1) is 8.76. The number of methoxy groups -OCH3 is 1. The molecular weight excluding hydrogens is 316 g/mol. The highest BCUT2D eigenvalue weighted by atomic mass is 79.9. The summed E-state index contributed by atoms with van der Waals surface area (Å²) in [5.41, 5.74) is 0.994. The monoisotopic (exact) mass is 326 g/mol. The van der Waals surface area contributed by atoms with E-state index in [1.165, 1.54) is 0 Å². The Morgan fingerprint density at radius 2 is 1.78 bits per heavy atom. The highest BCUT2D eigenvalue weighted by Gasteiger charge is 2.11. The Bertz CT molecular complexity index is 543. The Morgan fingerprint density at radius 1 is 1.06 bits per heavy atom. The van der Waals surface area contributed by atoms with Crippen LogP contribution in [-0.2, 0) is 5.33 Å². The summed E-state index contributed by atoms with van der Waals surface area (Å²) in [7, 11) is 1.61. The van der Waals surface area contributed by atoms with Crippen LogP contribution in [0.4, 0.5) is 0 Å². The molecule has 0 aliphatic rings. The van der Waals surface area contributed by atoms with E-state index in [9.17, 15) is 0 Å². The summed E-state index contributed by atoms with van der Waals surface area (Å²) >= 11 is 9.59. The SMILES string of the molecule is COc1ccccc1Oc1c(Cl)cccc1CBr. The van der Waals surface area contributed by atoms with Crippen LogP contribution >= 0.6 is 27.5 Å². The minimum absolute atomic E-state index is 0.581. The van der Waals surface area contributed by atoms with Crippen molar-refractivity contribution in [1.29, 1.82) is 0 Å². The first-order valence-corrected chi connectivity index (χ1v) is 6.90. The quantitative estimate of drug-likeness (QED) is 0.733. The standard InChI is InChI=1S/C14H12BrClO2/c1-17-12-7-2-3-8-13(12)18-14-10(9-15)5-4-6-11(14)16/h2-8H,9H2,1H3. The van der Waals surface area contributed by atoms with Crippen molar-refractivity contribution in [2.24, 2.45) is 0 Å². The second-order valence-electron chi connectivity index (χ2n) is 3.61. The fraction of sp³-hybridized carbons (Fsp3) is 0.143. The first-order valence-electron chi connectivity index (χ1n) is 5.40. The molecule has 0 spiro atoms. The van der Waals surface area contributed by atoms with Crippen LogP contribution in [-0.4, -0.2) is 7.11 Å². The van der Waals surface area contributed by atoms with E-state index < -0.39 is 0 Å². The number of halogens is 2. The van der Waals surface area contributed by atoms with Crippen LogP contribution in [0.15, 0.2) is 42.5 Å². The normalized spacial score (nSPS) is 10.2. The van der Waals surface area contributed by atoms with E-state index in [4.69, 9.17) is 21.1 Å². The van der Waals surface area contributed by atoms with Crippen LogP contribution in [0.2, 0.25) is 5.02 Å². The minimum atomic E-state index is 0.581. The molecular formula is C14H12BrClO2. The molecule has 0 saturated carbocycles. The topological polar surface area (TPSA) is 18.5 Å². The Kier molecular flexibility index (Phi) is 4.50. The summed E-state index contributed by atoms with van der Waals surface area (Å²) in [5.74, 6) is 1.98. The van der Waals surface area contributed by atoms with Crippen molar-refractivity contribution < 1.29 is 9.47 Å². The lowest BCUT2D eigenvalue weighted by atomic mass is 10.2. The Labute approximate surface area is 120 Å². The number of para-hydroxylation sites is 3. The Morgan fingerprint density at radius 3 is 2.44 bits per heavy atom. The lowest BCUT2D eigenvalue weighted by Gasteiger charge is -2.13. The van der Waals surface area contributed by atoms with Crippen LogP contribution in [0.5, 0.6) is 17.2 Å². The fourth-order valence-electron chi connectivity index (χ4n) is 1.59. The lowest BCUT2D eigenvalue weighted by Crippen LogP contribution is -1.93. The van der Waals surface area contributed by atoms with Gasteiger partial charge in [0.2, 0.25) is 0 Å². The van der Waals surface area contributed by atoms with Crippen molar-refractivity contribution in [1.82, 2.24) is 0 Å². The van der Waals surface area contributed by atoms with Gasteiger partial charge in [0.15, 0.2) is 11.5 Å². The maximum atomic E-state index is 6.17.